The zero-order chi connectivity index (χ0) is 46.8. The Hall–Kier alpha value is -9.44. The van der Waals surface area contributed by atoms with Crippen LogP contribution in [-0.2, 0) is 0 Å². The minimum Gasteiger partial charge on any atom is -0.455 e. The number of hydrogen-bond donors (Lipinski definition) is 0. The quantitative estimate of drug-likeness (QED) is 0.142. The van der Waals surface area contributed by atoms with E-state index >= 15 is 0 Å². The lowest BCUT2D eigenvalue weighted by Gasteiger charge is -2.27. The molecular weight excluding hydrogens is 861 g/mol. The van der Waals surface area contributed by atoms with Crippen molar-refractivity contribution in [2.24, 2.45) is 0 Å². The number of furan rings is 1. The molecule has 2 aromatic heterocycles. The van der Waals surface area contributed by atoms with Gasteiger partial charge in [0.25, 0.3) is 0 Å². The van der Waals surface area contributed by atoms with Gasteiger partial charge in [-0.05, 0) is 116 Å². The molecule has 0 spiro atoms. The summed E-state index contributed by atoms with van der Waals surface area (Å²) in [6.07, 6.45) is 0. The van der Waals surface area contributed by atoms with E-state index in [0.29, 0.717) is 0 Å². The third kappa shape index (κ3) is 6.74. The maximum Gasteiger partial charge on any atom is 0.145 e. The van der Waals surface area contributed by atoms with Crippen molar-refractivity contribution in [3.8, 4) is 50.2 Å². The lowest BCUT2D eigenvalue weighted by Crippen LogP contribution is -2.10. The van der Waals surface area contributed by atoms with Gasteiger partial charge in [0.2, 0.25) is 0 Å². The molecule has 2 heterocycles. The number of para-hydroxylation sites is 3. The summed E-state index contributed by atoms with van der Waals surface area (Å²) in [5, 5.41) is 9.49. The molecule has 0 aliphatic rings. The van der Waals surface area contributed by atoms with E-state index in [-0.39, 0.29) is 0 Å². The Morgan fingerprint density at radius 1 is 0.324 bits per heavy atom. The average Bonchev–Trinajstić information content (AvgIpc) is 4.01. The average molecular weight is 905 g/mol. The number of fused-ring (bicyclic) bond motifs is 9. The van der Waals surface area contributed by atoms with Crippen molar-refractivity contribution in [3.63, 3.8) is 0 Å². The van der Waals surface area contributed by atoms with Crippen LogP contribution < -0.4 is 4.90 Å². The van der Waals surface area contributed by atoms with Gasteiger partial charge < -0.3 is 13.9 Å². The van der Waals surface area contributed by atoms with Crippen LogP contribution in [0.3, 0.4) is 0 Å². The molecule has 0 fully saturated rings. The molecule has 0 aliphatic carbocycles. The van der Waals surface area contributed by atoms with Crippen LogP contribution in [0, 0.1) is 0 Å². The van der Waals surface area contributed by atoms with E-state index in [4.69, 9.17) is 4.42 Å². The molecule has 0 saturated heterocycles. The molecule has 0 bridgehead atoms. The normalized spacial score (nSPS) is 11.7. The van der Waals surface area contributed by atoms with Crippen LogP contribution in [0.2, 0.25) is 0 Å². The number of nitrogens with zero attached hydrogens (tertiary/aromatic N) is 2. The zero-order valence-corrected chi connectivity index (χ0v) is 38.7. The van der Waals surface area contributed by atoms with Crippen molar-refractivity contribution < 1.29 is 4.42 Å². The third-order valence-electron chi connectivity index (χ3n) is 14.4. The SMILES string of the molecule is c1ccc(-c2ccc(-c3ccc(N(c4ccc(-c5cccc6c5c5cccc(-c7ccccc7)c5n6-c5ccccc5)cc4)c4ccc5c(ccc6ccccc65)c4)c4c3oc3ccccc34)cc2)cc1. The molecule has 12 aromatic carbocycles. The van der Waals surface area contributed by atoms with E-state index < -0.39 is 0 Å². The number of aromatic nitrogens is 1. The van der Waals surface area contributed by atoms with E-state index in [1.165, 1.54) is 71.2 Å². The summed E-state index contributed by atoms with van der Waals surface area (Å²) in [6, 6.07) is 96.6. The van der Waals surface area contributed by atoms with Crippen LogP contribution in [0.15, 0.2) is 271 Å². The highest BCUT2D eigenvalue weighted by Crippen LogP contribution is 2.48. The highest BCUT2D eigenvalue weighted by atomic mass is 16.3. The summed E-state index contributed by atoms with van der Waals surface area (Å²) in [7, 11) is 0. The Kier molecular flexibility index (Phi) is 9.53. The van der Waals surface area contributed by atoms with Crippen molar-refractivity contribution in [3.05, 3.63) is 267 Å². The topological polar surface area (TPSA) is 21.3 Å². The van der Waals surface area contributed by atoms with E-state index in [2.05, 4.69) is 276 Å². The first-order chi connectivity index (χ1) is 35.2. The molecule has 0 atom stereocenters. The van der Waals surface area contributed by atoms with Crippen molar-refractivity contribution in [2.45, 2.75) is 0 Å². The van der Waals surface area contributed by atoms with Gasteiger partial charge in [-0.2, -0.15) is 0 Å². The van der Waals surface area contributed by atoms with Gasteiger partial charge >= 0.3 is 0 Å². The summed E-state index contributed by atoms with van der Waals surface area (Å²) >= 11 is 0. The molecule has 14 rings (SSSR count). The Morgan fingerprint density at radius 2 is 0.887 bits per heavy atom. The number of rotatable bonds is 8. The van der Waals surface area contributed by atoms with Gasteiger partial charge in [0.1, 0.15) is 11.2 Å². The first kappa shape index (κ1) is 40.6. The molecule has 3 heteroatoms. The lowest BCUT2D eigenvalue weighted by molar-refractivity contribution is 0.670. The Bertz CT molecular complexity index is 4300. The van der Waals surface area contributed by atoms with Crippen LogP contribution in [-0.4, -0.2) is 4.57 Å². The Labute approximate surface area is 411 Å². The van der Waals surface area contributed by atoms with E-state index in [1.54, 1.807) is 0 Å². The number of benzene rings is 12. The first-order valence-corrected chi connectivity index (χ1v) is 24.3. The van der Waals surface area contributed by atoms with Gasteiger partial charge in [-0.3, -0.25) is 0 Å². The van der Waals surface area contributed by atoms with Gasteiger partial charge in [0.15, 0.2) is 0 Å². The van der Waals surface area contributed by atoms with Crippen molar-refractivity contribution >= 4 is 82.4 Å². The third-order valence-corrected chi connectivity index (χ3v) is 14.4. The van der Waals surface area contributed by atoms with E-state index in [1.807, 2.05) is 0 Å². The van der Waals surface area contributed by atoms with Crippen LogP contribution in [0.25, 0.3) is 115 Å². The second-order valence-electron chi connectivity index (χ2n) is 18.4. The standard InChI is InChI=1S/C68H44N2O/c1-4-16-45(17-5-1)46-30-32-50(33-31-46)59-42-43-63(66-60-24-12-13-29-64(60)71-68(59)66)69(54-40-41-56-51(44-54)35-34-48-20-10-11-23-55(48)56)53-38-36-49(37-39-53)57-25-15-28-62-65(57)61-27-14-26-58(47-18-6-2-7-19-47)67(61)70(62)52-21-8-3-9-22-52/h1-44H. The molecule has 0 saturated carbocycles. The first-order valence-electron chi connectivity index (χ1n) is 24.3. The smallest absolute Gasteiger partial charge is 0.145 e. The molecule has 14 aromatic rings. The monoisotopic (exact) mass is 904 g/mol. The fourth-order valence-electron chi connectivity index (χ4n) is 11.1. The summed E-state index contributed by atoms with van der Waals surface area (Å²) < 4.78 is 9.37. The van der Waals surface area contributed by atoms with Crippen LogP contribution in [0.4, 0.5) is 17.1 Å². The number of hydrogen-bond acceptors (Lipinski definition) is 2. The van der Waals surface area contributed by atoms with Gasteiger partial charge in [-0.1, -0.05) is 206 Å². The molecule has 71 heavy (non-hydrogen) atoms. The minimum atomic E-state index is 0.857. The Morgan fingerprint density at radius 3 is 1.69 bits per heavy atom. The van der Waals surface area contributed by atoms with Gasteiger partial charge in [0.05, 0.1) is 22.1 Å². The second-order valence-corrected chi connectivity index (χ2v) is 18.4. The Balaban J connectivity index is 0.965. The summed E-state index contributed by atoms with van der Waals surface area (Å²) in [5.41, 5.74) is 17.7. The van der Waals surface area contributed by atoms with Crippen molar-refractivity contribution in [1.29, 1.82) is 0 Å². The van der Waals surface area contributed by atoms with Crippen LogP contribution in [0.1, 0.15) is 0 Å². The second kappa shape index (κ2) is 16.7. The lowest BCUT2D eigenvalue weighted by atomic mass is 9.96. The molecular formula is C68H44N2O. The molecule has 0 aliphatic heterocycles. The zero-order valence-electron chi connectivity index (χ0n) is 38.7. The fourth-order valence-corrected chi connectivity index (χ4v) is 11.1. The molecule has 3 nitrogen and oxygen atoms in total. The van der Waals surface area contributed by atoms with E-state index in [9.17, 15) is 0 Å². The maximum atomic E-state index is 6.93. The van der Waals surface area contributed by atoms with Gasteiger partial charge in [0, 0.05) is 44.3 Å². The fraction of sp³-hybridized carbons (Fsp3) is 0. The predicted molar refractivity (Wildman–Crippen MR) is 299 cm³/mol. The largest absolute Gasteiger partial charge is 0.455 e. The van der Waals surface area contributed by atoms with Crippen molar-refractivity contribution in [2.75, 3.05) is 4.90 Å². The minimum absolute atomic E-state index is 0.857. The van der Waals surface area contributed by atoms with Crippen LogP contribution >= 0.6 is 0 Å². The summed E-state index contributed by atoms with van der Waals surface area (Å²) in [5.74, 6) is 0. The highest BCUT2D eigenvalue weighted by Gasteiger charge is 2.24. The summed E-state index contributed by atoms with van der Waals surface area (Å²) in [6.45, 7) is 0. The van der Waals surface area contributed by atoms with Gasteiger partial charge in [-0.15, -0.1) is 0 Å². The summed E-state index contributed by atoms with van der Waals surface area (Å²) in [4.78, 5) is 2.42. The molecule has 332 valence electrons. The molecule has 0 unspecified atom stereocenters. The maximum absolute atomic E-state index is 6.93. The van der Waals surface area contributed by atoms with Crippen molar-refractivity contribution in [1.82, 2.24) is 4.57 Å². The molecule has 0 amide bonds. The highest BCUT2D eigenvalue weighted by molar-refractivity contribution is 6.20. The van der Waals surface area contributed by atoms with E-state index in [0.717, 1.165) is 61.4 Å². The number of anilines is 3. The molecule has 0 radical (unpaired) electrons. The predicted octanol–water partition coefficient (Wildman–Crippen LogP) is 19.1. The van der Waals surface area contributed by atoms with Gasteiger partial charge in [-0.25, -0.2) is 0 Å². The molecule has 0 N–H and O–H groups in total. The van der Waals surface area contributed by atoms with Crippen LogP contribution in [0.5, 0.6) is 0 Å².